The van der Waals surface area contributed by atoms with E-state index in [1.54, 1.807) is 0 Å². The maximum absolute atomic E-state index is 11.2. The summed E-state index contributed by atoms with van der Waals surface area (Å²) in [6, 6.07) is -0.833. The zero-order valence-electron chi connectivity index (χ0n) is 8.89. The van der Waals surface area contributed by atoms with E-state index in [9.17, 15) is 9.36 Å². The van der Waals surface area contributed by atoms with Crippen LogP contribution in [0.15, 0.2) is 0 Å². The van der Waals surface area contributed by atoms with Gasteiger partial charge in [-0.3, -0.25) is 4.84 Å². The van der Waals surface area contributed by atoms with Crippen molar-refractivity contribution in [2.75, 3.05) is 0 Å². The SMILES string of the molecule is C[C@H](NOC1CCCC1)C(=O)OP(=O)(O)Cl. The standard InChI is InChI=1S/C8H15ClNO5P/c1-6(8(11)15-16(9,12)13)10-14-7-4-2-3-5-7/h6-7,10H,2-5H2,1H3,(H,12,13)/t6-/m0/s1. The Labute approximate surface area is 98.5 Å². The Balaban J connectivity index is 2.25. The molecule has 94 valence electrons. The highest BCUT2D eigenvalue weighted by Crippen LogP contribution is 2.47. The maximum Gasteiger partial charge on any atom is 0.476 e. The molecule has 0 spiro atoms. The number of carbonyl (C=O) groups is 1. The molecule has 6 nitrogen and oxygen atoms in total. The second-order valence-electron chi connectivity index (χ2n) is 3.73. The summed E-state index contributed by atoms with van der Waals surface area (Å²) >= 11 is 4.90. The summed E-state index contributed by atoms with van der Waals surface area (Å²) in [5.74, 6) is -0.918. The highest BCUT2D eigenvalue weighted by atomic mass is 35.7. The van der Waals surface area contributed by atoms with Crippen molar-refractivity contribution >= 4 is 24.2 Å². The molecule has 0 saturated heterocycles. The Morgan fingerprint density at radius 2 is 2.12 bits per heavy atom. The van der Waals surface area contributed by atoms with Crippen molar-refractivity contribution in [2.45, 2.75) is 44.8 Å². The molecule has 0 heterocycles. The van der Waals surface area contributed by atoms with Gasteiger partial charge in [0.2, 0.25) is 0 Å². The minimum absolute atomic E-state index is 0.0900. The van der Waals surface area contributed by atoms with Crippen LogP contribution >= 0.6 is 18.2 Å². The van der Waals surface area contributed by atoms with Crippen molar-refractivity contribution in [1.29, 1.82) is 0 Å². The number of rotatable bonds is 5. The molecule has 0 aliphatic heterocycles. The molecule has 2 N–H and O–H groups in total. The summed E-state index contributed by atoms with van der Waals surface area (Å²) in [6.45, 7) is -2.84. The third kappa shape index (κ3) is 5.27. The van der Waals surface area contributed by atoms with Gasteiger partial charge in [-0.15, -0.1) is 0 Å². The minimum Gasteiger partial charge on any atom is -0.379 e. The quantitative estimate of drug-likeness (QED) is 0.585. The first-order valence-electron chi connectivity index (χ1n) is 5.05. The van der Waals surface area contributed by atoms with Crippen LogP contribution in [0.25, 0.3) is 0 Å². The van der Waals surface area contributed by atoms with Crippen LogP contribution in [0.1, 0.15) is 32.6 Å². The number of carbonyl (C=O) groups excluding carboxylic acids is 1. The average Bonchev–Trinajstić information content (AvgIpc) is 2.63. The van der Waals surface area contributed by atoms with E-state index in [0.29, 0.717) is 0 Å². The molecule has 16 heavy (non-hydrogen) atoms. The number of hydrogen-bond donors (Lipinski definition) is 2. The monoisotopic (exact) mass is 271 g/mol. The predicted octanol–water partition coefficient (Wildman–Crippen LogP) is 1.72. The summed E-state index contributed by atoms with van der Waals surface area (Å²) in [7, 11) is 0. The van der Waals surface area contributed by atoms with E-state index in [1.165, 1.54) is 6.92 Å². The van der Waals surface area contributed by atoms with Gasteiger partial charge in [0, 0.05) is 11.2 Å². The van der Waals surface area contributed by atoms with Crippen LogP contribution in [0.4, 0.5) is 0 Å². The summed E-state index contributed by atoms with van der Waals surface area (Å²) in [5, 5.41) is 0. The van der Waals surface area contributed by atoms with Crippen molar-refractivity contribution in [1.82, 2.24) is 5.48 Å². The summed E-state index contributed by atoms with van der Waals surface area (Å²) in [5.41, 5.74) is 2.48. The fraction of sp³-hybridized carbons (Fsp3) is 0.875. The van der Waals surface area contributed by atoms with Crippen LogP contribution in [0.2, 0.25) is 0 Å². The van der Waals surface area contributed by atoms with Gasteiger partial charge in [-0.25, -0.2) is 9.36 Å². The van der Waals surface area contributed by atoms with Gasteiger partial charge in [-0.1, -0.05) is 12.8 Å². The lowest BCUT2D eigenvalue weighted by Gasteiger charge is -2.16. The Morgan fingerprint density at radius 3 is 2.62 bits per heavy atom. The van der Waals surface area contributed by atoms with E-state index >= 15 is 0 Å². The minimum atomic E-state index is -4.30. The van der Waals surface area contributed by atoms with Gasteiger partial charge in [0.05, 0.1) is 6.10 Å². The third-order valence-electron chi connectivity index (χ3n) is 2.27. The van der Waals surface area contributed by atoms with Gasteiger partial charge < -0.3 is 9.42 Å². The average molecular weight is 272 g/mol. The van der Waals surface area contributed by atoms with Crippen LogP contribution in [0.5, 0.6) is 0 Å². The van der Waals surface area contributed by atoms with Gasteiger partial charge in [0.1, 0.15) is 6.04 Å². The molecule has 0 aromatic carbocycles. The summed E-state index contributed by atoms with van der Waals surface area (Å²) in [4.78, 5) is 25.0. The Bertz CT molecular complexity index is 288. The molecular formula is C8H15ClNO5P. The molecule has 1 aliphatic rings. The highest BCUT2D eigenvalue weighted by molar-refractivity contribution is 7.80. The molecule has 1 unspecified atom stereocenters. The highest BCUT2D eigenvalue weighted by Gasteiger charge is 2.26. The smallest absolute Gasteiger partial charge is 0.379 e. The molecule has 2 atom stereocenters. The topological polar surface area (TPSA) is 84.9 Å². The fourth-order valence-electron chi connectivity index (χ4n) is 1.44. The third-order valence-corrected chi connectivity index (χ3v) is 2.88. The van der Waals surface area contributed by atoms with E-state index in [4.69, 9.17) is 21.0 Å². The lowest BCUT2D eigenvalue weighted by molar-refractivity contribution is -0.142. The molecule has 0 aromatic rings. The lowest BCUT2D eigenvalue weighted by Crippen LogP contribution is -2.37. The zero-order valence-corrected chi connectivity index (χ0v) is 10.5. The van der Waals surface area contributed by atoms with Gasteiger partial charge in [0.25, 0.3) is 0 Å². The van der Waals surface area contributed by atoms with Crippen LogP contribution in [-0.4, -0.2) is 23.0 Å². The molecule has 0 aromatic heterocycles. The molecule has 8 heteroatoms. The molecule has 1 saturated carbocycles. The fourth-order valence-corrected chi connectivity index (χ4v) is 2.03. The molecule has 1 rings (SSSR count). The lowest BCUT2D eigenvalue weighted by atomic mass is 10.3. The molecule has 0 bridgehead atoms. The first-order valence-corrected chi connectivity index (χ1v) is 7.54. The summed E-state index contributed by atoms with van der Waals surface area (Å²) < 4.78 is 14.7. The van der Waals surface area contributed by atoms with Crippen LogP contribution in [0, 0.1) is 0 Å². The largest absolute Gasteiger partial charge is 0.476 e. The second kappa shape index (κ2) is 5.98. The van der Waals surface area contributed by atoms with E-state index in [0.717, 1.165) is 25.7 Å². The normalized spacial score (nSPS) is 22.7. The Hall–Kier alpha value is -0.130. The number of nitrogens with one attached hydrogen (secondary N) is 1. The number of halogens is 1. The predicted molar refractivity (Wildman–Crippen MR) is 57.7 cm³/mol. The van der Waals surface area contributed by atoms with Crippen LogP contribution in [-0.2, 0) is 18.7 Å². The second-order valence-corrected chi connectivity index (χ2v) is 6.09. The first kappa shape index (κ1) is 13.9. The molecule has 0 amide bonds. The maximum atomic E-state index is 11.2. The number of hydrogen-bond acceptors (Lipinski definition) is 5. The van der Waals surface area contributed by atoms with Crippen molar-refractivity contribution in [3.8, 4) is 0 Å². The molecular weight excluding hydrogens is 257 g/mol. The van der Waals surface area contributed by atoms with E-state index in [1.807, 2.05) is 0 Å². The Kier molecular flexibility index (Phi) is 5.21. The van der Waals surface area contributed by atoms with E-state index < -0.39 is 19.0 Å². The van der Waals surface area contributed by atoms with Crippen molar-refractivity contribution in [3.63, 3.8) is 0 Å². The Morgan fingerprint density at radius 1 is 1.56 bits per heavy atom. The number of hydroxylamine groups is 1. The molecule has 1 fully saturated rings. The molecule has 1 aliphatic carbocycles. The van der Waals surface area contributed by atoms with E-state index in [-0.39, 0.29) is 6.10 Å². The van der Waals surface area contributed by atoms with Gasteiger partial charge in [-0.2, -0.15) is 5.48 Å². The van der Waals surface area contributed by atoms with Crippen molar-refractivity contribution in [3.05, 3.63) is 0 Å². The van der Waals surface area contributed by atoms with E-state index in [2.05, 4.69) is 10.0 Å². The van der Waals surface area contributed by atoms with Gasteiger partial charge in [0.15, 0.2) is 0 Å². The molecule has 0 radical (unpaired) electrons. The van der Waals surface area contributed by atoms with Crippen molar-refractivity contribution < 1.29 is 23.6 Å². The van der Waals surface area contributed by atoms with Gasteiger partial charge in [-0.05, 0) is 19.8 Å². The first-order chi connectivity index (χ1) is 7.38. The summed E-state index contributed by atoms with van der Waals surface area (Å²) in [6.07, 6.45) is 4.20. The van der Waals surface area contributed by atoms with Gasteiger partial charge >= 0.3 is 12.9 Å². The van der Waals surface area contributed by atoms with Crippen LogP contribution < -0.4 is 5.48 Å². The zero-order chi connectivity index (χ0) is 12.2. The van der Waals surface area contributed by atoms with Crippen LogP contribution in [0.3, 0.4) is 0 Å². The van der Waals surface area contributed by atoms with Crippen molar-refractivity contribution in [2.24, 2.45) is 0 Å².